The molecule has 1 heterocycles. The molecule has 0 bridgehead atoms. The summed E-state index contributed by atoms with van der Waals surface area (Å²) < 4.78 is 1.71. The van der Waals surface area contributed by atoms with Crippen molar-refractivity contribution in [3.05, 3.63) is 70.1 Å². The van der Waals surface area contributed by atoms with Crippen molar-refractivity contribution in [1.29, 1.82) is 0 Å². The molecule has 0 radical (unpaired) electrons. The summed E-state index contributed by atoms with van der Waals surface area (Å²) in [7, 11) is 0. The van der Waals surface area contributed by atoms with Crippen LogP contribution in [0.4, 0.5) is 0 Å². The number of pyridine rings is 1. The van der Waals surface area contributed by atoms with Gasteiger partial charge in [-0.1, -0.05) is 37.3 Å². The molecule has 5 heteroatoms. The van der Waals surface area contributed by atoms with Crippen LogP contribution in [0.5, 0.6) is 0 Å². The Hall–Kier alpha value is -2.56. The zero-order chi connectivity index (χ0) is 17.6. The van der Waals surface area contributed by atoms with Gasteiger partial charge < -0.3 is 15.2 Å². The second-order valence-corrected chi connectivity index (χ2v) is 6.64. The summed E-state index contributed by atoms with van der Waals surface area (Å²) in [5.74, 6) is 1.63. The molecule has 0 spiro atoms. The summed E-state index contributed by atoms with van der Waals surface area (Å²) in [6.07, 6.45) is 3.03. The van der Waals surface area contributed by atoms with Gasteiger partial charge in [0.05, 0.1) is 13.1 Å². The van der Waals surface area contributed by atoms with Gasteiger partial charge >= 0.3 is 0 Å². The third-order valence-corrected chi connectivity index (χ3v) is 4.47. The number of nitrogens with one attached hydrogen (secondary N) is 2. The lowest BCUT2D eigenvalue weighted by Gasteiger charge is -2.11. The Balaban J connectivity index is 1.60. The maximum Gasteiger partial charge on any atom is 0.250 e. The number of hydrogen-bond acceptors (Lipinski definition) is 2. The minimum Gasteiger partial charge on any atom is -0.357 e. The molecule has 1 aromatic heterocycles. The summed E-state index contributed by atoms with van der Waals surface area (Å²) >= 11 is 0. The van der Waals surface area contributed by atoms with E-state index in [2.05, 4.69) is 53.7 Å². The number of benzene rings is 1. The van der Waals surface area contributed by atoms with Crippen LogP contribution in [0.25, 0.3) is 0 Å². The van der Waals surface area contributed by atoms with Gasteiger partial charge in [0.25, 0.3) is 5.56 Å². The summed E-state index contributed by atoms with van der Waals surface area (Å²) in [4.78, 5) is 16.4. The van der Waals surface area contributed by atoms with Crippen molar-refractivity contribution >= 4 is 5.96 Å². The summed E-state index contributed by atoms with van der Waals surface area (Å²) in [6.45, 7) is 6.42. The van der Waals surface area contributed by atoms with Crippen molar-refractivity contribution in [2.45, 2.75) is 39.4 Å². The Morgan fingerprint density at radius 1 is 1.20 bits per heavy atom. The molecule has 5 nitrogen and oxygen atoms in total. The molecular formula is C20H26N4O. The Bertz CT molecular complexity index is 779. The largest absolute Gasteiger partial charge is 0.357 e. The van der Waals surface area contributed by atoms with E-state index in [-0.39, 0.29) is 5.56 Å². The van der Waals surface area contributed by atoms with Gasteiger partial charge in [-0.15, -0.1) is 0 Å². The lowest BCUT2D eigenvalue weighted by atomic mass is 10.1. The smallest absolute Gasteiger partial charge is 0.250 e. The number of guanidine groups is 1. The van der Waals surface area contributed by atoms with Crippen LogP contribution in [0.2, 0.25) is 0 Å². The predicted molar refractivity (Wildman–Crippen MR) is 102 cm³/mol. The highest BCUT2D eigenvalue weighted by Gasteiger charge is 2.33. The van der Waals surface area contributed by atoms with Crippen LogP contribution in [0.15, 0.2) is 58.4 Å². The van der Waals surface area contributed by atoms with Crippen LogP contribution in [0.1, 0.15) is 31.4 Å². The zero-order valence-electron chi connectivity index (χ0n) is 14.9. The van der Waals surface area contributed by atoms with Crippen molar-refractivity contribution in [2.24, 2.45) is 10.9 Å². The lowest BCUT2D eigenvalue weighted by molar-refractivity contribution is 0.758. The number of aliphatic imine (C=N–C) groups is 1. The van der Waals surface area contributed by atoms with E-state index in [4.69, 9.17) is 0 Å². The Labute approximate surface area is 148 Å². The minimum absolute atomic E-state index is 0.0202. The van der Waals surface area contributed by atoms with E-state index < -0.39 is 0 Å². The molecule has 2 aromatic rings. The summed E-state index contributed by atoms with van der Waals surface area (Å²) in [6, 6.07) is 14.1. The molecule has 1 aliphatic carbocycles. The molecular weight excluding hydrogens is 312 g/mol. The SMILES string of the molecule is CCNC(=NCc1ccc(Cn2ccccc2=O)cc1)NC1CC1C. The monoisotopic (exact) mass is 338 g/mol. The molecule has 2 atom stereocenters. The lowest BCUT2D eigenvalue weighted by Crippen LogP contribution is -2.39. The number of nitrogens with zero attached hydrogens (tertiary/aromatic N) is 2. The van der Waals surface area contributed by atoms with Crippen molar-refractivity contribution in [3.8, 4) is 0 Å². The van der Waals surface area contributed by atoms with Gasteiger partial charge in [-0.25, -0.2) is 4.99 Å². The first-order chi connectivity index (χ1) is 12.2. The molecule has 2 N–H and O–H groups in total. The third-order valence-electron chi connectivity index (χ3n) is 4.47. The minimum atomic E-state index is 0.0202. The fourth-order valence-corrected chi connectivity index (χ4v) is 2.73. The van der Waals surface area contributed by atoms with Crippen molar-refractivity contribution < 1.29 is 0 Å². The maximum atomic E-state index is 11.8. The Morgan fingerprint density at radius 3 is 2.56 bits per heavy atom. The molecule has 0 aliphatic heterocycles. The highest BCUT2D eigenvalue weighted by atomic mass is 16.1. The Morgan fingerprint density at radius 2 is 1.92 bits per heavy atom. The van der Waals surface area contributed by atoms with Gasteiger partial charge in [-0.2, -0.15) is 0 Å². The van der Waals surface area contributed by atoms with Crippen LogP contribution >= 0.6 is 0 Å². The van der Waals surface area contributed by atoms with Gasteiger partial charge in [-0.05, 0) is 36.5 Å². The second-order valence-electron chi connectivity index (χ2n) is 6.64. The van der Waals surface area contributed by atoms with Crippen molar-refractivity contribution in [3.63, 3.8) is 0 Å². The predicted octanol–water partition coefficient (Wildman–Crippen LogP) is 2.36. The van der Waals surface area contributed by atoms with E-state index in [0.717, 1.165) is 29.5 Å². The summed E-state index contributed by atoms with van der Waals surface area (Å²) in [5.41, 5.74) is 2.29. The van der Waals surface area contributed by atoms with Gasteiger partial charge in [0.1, 0.15) is 0 Å². The molecule has 132 valence electrons. The Kier molecular flexibility index (Phi) is 5.53. The molecule has 2 unspecified atom stereocenters. The first-order valence-corrected chi connectivity index (χ1v) is 8.94. The quantitative estimate of drug-likeness (QED) is 0.628. The number of hydrogen-bond donors (Lipinski definition) is 2. The van der Waals surface area contributed by atoms with Crippen LogP contribution in [0.3, 0.4) is 0 Å². The molecule has 3 rings (SSSR count). The average molecular weight is 338 g/mol. The van der Waals surface area contributed by atoms with E-state index in [1.807, 2.05) is 12.3 Å². The van der Waals surface area contributed by atoms with E-state index >= 15 is 0 Å². The van der Waals surface area contributed by atoms with E-state index in [1.54, 1.807) is 16.7 Å². The van der Waals surface area contributed by atoms with Crippen LogP contribution in [-0.4, -0.2) is 23.1 Å². The molecule has 0 amide bonds. The highest BCUT2D eigenvalue weighted by Crippen LogP contribution is 2.28. The molecule has 1 aromatic carbocycles. The van der Waals surface area contributed by atoms with Crippen LogP contribution in [0, 0.1) is 5.92 Å². The zero-order valence-corrected chi connectivity index (χ0v) is 14.9. The fourth-order valence-electron chi connectivity index (χ4n) is 2.73. The van der Waals surface area contributed by atoms with Crippen molar-refractivity contribution in [2.75, 3.05) is 6.54 Å². The van der Waals surface area contributed by atoms with E-state index in [1.165, 1.54) is 6.42 Å². The maximum absolute atomic E-state index is 11.8. The van der Waals surface area contributed by atoms with Crippen LogP contribution in [-0.2, 0) is 13.1 Å². The van der Waals surface area contributed by atoms with Crippen molar-refractivity contribution in [1.82, 2.24) is 15.2 Å². The van der Waals surface area contributed by atoms with Gasteiger partial charge in [0.2, 0.25) is 0 Å². The standard InChI is InChI=1S/C20H26N4O/c1-3-21-20(23-18-12-15(18)2)22-13-16-7-9-17(10-8-16)14-24-11-5-4-6-19(24)25/h4-11,15,18H,3,12-14H2,1-2H3,(H2,21,22,23). The molecule has 1 saturated carbocycles. The molecule has 1 aliphatic rings. The molecule has 25 heavy (non-hydrogen) atoms. The average Bonchev–Trinajstić information content (AvgIpc) is 3.31. The molecule has 0 saturated heterocycles. The fraction of sp³-hybridized carbons (Fsp3) is 0.400. The first-order valence-electron chi connectivity index (χ1n) is 8.94. The highest BCUT2D eigenvalue weighted by molar-refractivity contribution is 5.80. The summed E-state index contributed by atoms with van der Waals surface area (Å²) in [5, 5.41) is 6.76. The third kappa shape index (κ3) is 4.95. The van der Waals surface area contributed by atoms with Gasteiger partial charge in [0, 0.05) is 24.8 Å². The van der Waals surface area contributed by atoms with E-state index in [9.17, 15) is 4.79 Å². The topological polar surface area (TPSA) is 58.4 Å². The van der Waals surface area contributed by atoms with Gasteiger partial charge in [-0.3, -0.25) is 4.79 Å². The van der Waals surface area contributed by atoms with E-state index in [0.29, 0.717) is 19.1 Å². The van der Waals surface area contributed by atoms with Crippen LogP contribution < -0.4 is 16.2 Å². The van der Waals surface area contributed by atoms with Gasteiger partial charge in [0.15, 0.2) is 5.96 Å². The number of aromatic nitrogens is 1. The molecule has 1 fully saturated rings. The normalized spacial score (nSPS) is 19.5. The second kappa shape index (κ2) is 8.01. The number of rotatable bonds is 6. The first kappa shape index (κ1) is 17.3.